The van der Waals surface area contributed by atoms with Gasteiger partial charge in [-0.3, -0.25) is 4.98 Å². The van der Waals surface area contributed by atoms with E-state index in [9.17, 15) is 0 Å². The van der Waals surface area contributed by atoms with Crippen molar-refractivity contribution in [1.82, 2.24) is 15.2 Å². The van der Waals surface area contributed by atoms with Crippen LogP contribution in [0.3, 0.4) is 0 Å². The minimum Gasteiger partial charge on any atom is -0.535 e. The van der Waals surface area contributed by atoms with Gasteiger partial charge in [-0.2, -0.15) is 0 Å². The van der Waals surface area contributed by atoms with Crippen LogP contribution in [0.1, 0.15) is 97.6 Å². The molecule has 0 saturated heterocycles. The highest BCUT2D eigenvalue weighted by atomic mass is 28.2. The molecule has 0 spiro atoms. The summed E-state index contributed by atoms with van der Waals surface area (Å²) in [7, 11) is -0.605. The molecule has 5 heteroatoms. The number of aryl methyl sites for hydroxylation is 1. The fourth-order valence-corrected chi connectivity index (χ4v) is 5.13. The Balaban J connectivity index is 1.69. The summed E-state index contributed by atoms with van der Waals surface area (Å²) < 4.78 is 5.98. The zero-order valence-corrected chi connectivity index (χ0v) is 22.4. The average Bonchev–Trinajstić information content (AvgIpc) is 2.82. The molecule has 0 aliphatic rings. The van der Waals surface area contributed by atoms with Crippen molar-refractivity contribution in [2.75, 3.05) is 0 Å². The standard InChI is InChI=1S/C27H45N3OSi/c1-5-7-9-10-11-13-25-17-16-24(20-28-25)26-18-19-27(30-29-26)31-32-21-23(4)15-14-22(3)12-8-6-2/h16-20,22-23H,5-15,21,32H2,1-4H3. The van der Waals surface area contributed by atoms with E-state index in [0.29, 0.717) is 5.88 Å². The molecule has 0 amide bonds. The van der Waals surface area contributed by atoms with Crippen LogP contribution < -0.4 is 4.43 Å². The minimum absolute atomic E-state index is 0.605. The van der Waals surface area contributed by atoms with Crippen molar-refractivity contribution < 1.29 is 4.43 Å². The number of aromatic nitrogens is 3. The first-order valence-electron chi connectivity index (χ1n) is 13.0. The Kier molecular flexibility index (Phi) is 13.2. The molecular weight excluding hydrogens is 410 g/mol. The molecule has 2 rings (SSSR count). The van der Waals surface area contributed by atoms with E-state index in [1.165, 1.54) is 70.3 Å². The quantitative estimate of drug-likeness (QED) is 0.187. The molecule has 0 N–H and O–H groups in total. The number of unbranched alkanes of at least 4 members (excludes halogenated alkanes) is 5. The van der Waals surface area contributed by atoms with Gasteiger partial charge >= 0.3 is 0 Å². The van der Waals surface area contributed by atoms with Gasteiger partial charge in [0.05, 0.1) is 5.69 Å². The zero-order valence-electron chi connectivity index (χ0n) is 21.0. The average molecular weight is 456 g/mol. The normalized spacial score (nSPS) is 13.5. The molecule has 2 aromatic heterocycles. The third kappa shape index (κ3) is 10.7. The predicted octanol–water partition coefficient (Wildman–Crippen LogP) is 7.18. The van der Waals surface area contributed by atoms with Crippen LogP contribution in [0.15, 0.2) is 30.5 Å². The Labute approximate surface area is 198 Å². The van der Waals surface area contributed by atoms with Crippen molar-refractivity contribution in [2.24, 2.45) is 11.8 Å². The van der Waals surface area contributed by atoms with Crippen LogP contribution in [0.25, 0.3) is 11.3 Å². The third-order valence-corrected chi connectivity index (χ3v) is 8.08. The van der Waals surface area contributed by atoms with E-state index in [0.717, 1.165) is 35.2 Å². The van der Waals surface area contributed by atoms with Gasteiger partial charge in [0.1, 0.15) is 0 Å². The lowest BCUT2D eigenvalue weighted by atomic mass is 9.95. The van der Waals surface area contributed by atoms with E-state index < -0.39 is 9.76 Å². The summed E-state index contributed by atoms with van der Waals surface area (Å²) in [5, 5.41) is 8.66. The topological polar surface area (TPSA) is 47.9 Å². The maximum atomic E-state index is 5.98. The monoisotopic (exact) mass is 455 g/mol. The van der Waals surface area contributed by atoms with Gasteiger partial charge < -0.3 is 4.43 Å². The lowest BCUT2D eigenvalue weighted by molar-refractivity contribution is 0.412. The largest absolute Gasteiger partial charge is 0.535 e. The summed E-state index contributed by atoms with van der Waals surface area (Å²) >= 11 is 0. The molecule has 178 valence electrons. The van der Waals surface area contributed by atoms with Crippen molar-refractivity contribution in [2.45, 2.75) is 104 Å². The molecule has 0 saturated carbocycles. The highest BCUT2D eigenvalue weighted by Crippen LogP contribution is 2.21. The van der Waals surface area contributed by atoms with Crippen LogP contribution in [0.5, 0.6) is 5.88 Å². The summed E-state index contributed by atoms with van der Waals surface area (Å²) in [6, 6.07) is 9.38. The molecule has 0 aromatic carbocycles. The van der Waals surface area contributed by atoms with E-state index in [1.54, 1.807) is 0 Å². The molecule has 2 aromatic rings. The van der Waals surface area contributed by atoms with Crippen molar-refractivity contribution in [3.05, 3.63) is 36.2 Å². The second-order valence-electron chi connectivity index (χ2n) is 9.53. The lowest BCUT2D eigenvalue weighted by Gasteiger charge is -2.15. The van der Waals surface area contributed by atoms with Gasteiger partial charge in [-0.15, -0.1) is 10.2 Å². The Hall–Kier alpha value is -1.75. The van der Waals surface area contributed by atoms with Gasteiger partial charge in [-0.05, 0) is 48.9 Å². The van der Waals surface area contributed by atoms with Gasteiger partial charge in [-0.25, -0.2) is 0 Å². The highest BCUT2D eigenvalue weighted by molar-refractivity contribution is 6.28. The first-order valence-corrected chi connectivity index (χ1v) is 14.6. The molecule has 2 atom stereocenters. The fourth-order valence-electron chi connectivity index (χ4n) is 3.96. The molecule has 0 fully saturated rings. The van der Waals surface area contributed by atoms with Crippen LogP contribution in [0, 0.1) is 11.8 Å². The fraction of sp³-hybridized carbons (Fsp3) is 0.667. The molecule has 2 unspecified atom stereocenters. The summed E-state index contributed by atoms with van der Waals surface area (Å²) in [6.07, 6.45) is 16.2. The Morgan fingerprint density at radius 2 is 1.59 bits per heavy atom. The molecule has 32 heavy (non-hydrogen) atoms. The van der Waals surface area contributed by atoms with Crippen molar-refractivity contribution in [1.29, 1.82) is 0 Å². The number of nitrogens with zero attached hydrogens (tertiary/aromatic N) is 3. The van der Waals surface area contributed by atoms with Crippen LogP contribution in [0.4, 0.5) is 0 Å². The Bertz CT molecular complexity index is 721. The summed E-state index contributed by atoms with van der Waals surface area (Å²) in [5.74, 6) is 2.27. The predicted molar refractivity (Wildman–Crippen MR) is 139 cm³/mol. The smallest absolute Gasteiger partial charge is 0.221 e. The number of hydrogen-bond donors (Lipinski definition) is 0. The van der Waals surface area contributed by atoms with Crippen LogP contribution in [-0.2, 0) is 6.42 Å². The van der Waals surface area contributed by atoms with E-state index in [-0.39, 0.29) is 0 Å². The second-order valence-corrected chi connectivity index (χ2v) is 10.8. The molecule has 0 radical (unpaired) electrons. The van der Waals surface area contributed by atoms with Gasteiger partial charge in [0, 0.05) is 23.5 Å². The SMILES string of the molecule is CCCCCCCc1ccc(-c2ccc(O[SiH2]CC(C)CCC(C)CCCC)nn2)cn1. The van der Waals surface area contributed by atoms with Crippen molar-refractivity contribution in [3.8, 4) is 17.1 Å². The van der Waals surface area contributed by atoms with Gasteiger partial charge in [0.25, 0.3) is 0 Å². The van der Waals surface area contributed by atoms with Gasteiger partial charge in [0.15, 0.2) is 0 Å². The van der Waals surface area contributed by atoms with E-state index >= 15 is 0 Å². The first-order chi connectivity index (χ1) is 15.6. The van der Waals surface area contributed by atoms with Crippen LogP contribution in [0.2, 0.25) is 6.04 Å². The number of rotatable bonds is 17. The second kappa shape index (κ2) is 16.0. The summed E-state index contributed by atoms with van der Waals surface area (Å²) in [6.45, 7) is 9.28. The molecule has 0 aliphatic heterocycles. The van der Waals surface area contributed by atoms with Crippen LogP contribution >= 0.6 is 0 Å². The third-order valence-electron chi connectivity index (χ3n) is 6.36. The molecule has 2 heterocycles. The van der Waals surface area contributed by atoms with E-state index in [2.05, 4.69) is 55.0 Å². The van der Waals surface area contributed by atoms with Gasteiger partial charge in [-0.1, -0.05) is 85.5 Å². The van der Waals surface area contributed by atoms with E-state index in [4.69, 9.17) is 4.43 Å². The molecule has 0 aliphatic carbocycles. The minimum atomic E-state index is -0.605. The Morgan fingerprint density at radius 1 is 0.812 bits per heavy atom. The van der Waals surface area contributed by atoms with Crippen molar-refractivity contribution >= 4 is 9.76 Å². The first kappa shape index (κ1) is 26.5. The van der Waals surface area contributed by atoms with Crippen molar-refractivity contribution in [3.63, 3.8) is 0 Å². The number of pyridine rings is 1. The molecule has 0 bridgehead atoms. The van der Waals surface area contributed by atoms with Gasteiger partial charge in [0.2, 0.25) is 15.6 Å². The van der Waals surface area contributed by atoms with Crippen LogP contribution in [-0.4, -0.2) is 24.9 Å². The maximum absolute atomic E-state index is 5.98. The summed E-state index contributed by atoms with van der Waals surface area (Å²) in [5.41, 5.74) is 3.04. The Morgan fingerprint density at radius 3 is 2.28 bits per heavy atom. The van der Waals surface area contributed by atoms with E-state index in [1.807, 2.05) is 18.3 Å². The maximum Gasteiger partial charge on any atom is 0.221 e. The molecule has 4 nitrogen and oxygen atoms in total. The molecular formula is C27H45N3OSi. The summed E-state index contributed by atoms with van der Waals surface area (Å²) in [4.78, 5) is 4.62. The highest BCUT2D eigenvalue weighted by Gasteiger charge is 2.09. The lowest BCUT2D eigenvalue weighted by Crippen LogP contribution is -2.09. The zero-order chi connectivity index (χ0) is 23.0. The number of hydrogen-bond acceptors (Lipinski definition) is 4.